The van der Waals surface area contributed by atoms with Crippen LogP contribution in [0.2, 0.25) is 0 Å². The molecule has 38 heavy (non-hydrogen) atoms. The Hall–Kier alpha value is -0.945. The molecule has 0 aliphatic carbocycles. The van der Waals surface area contributed by atoms with Gasteiger partial charge in [-0.1, -0.05) is 62.4 Å². The van der Waals surface area contributed by atoms with Gasteiger partial charge in [-0.3, -0.25) is 4.99 Å². The molecule has 0 bridgehead atoms. The average Bonchev–Trinajstić information content (AvgIpc) is 2.88. The molecule has 2 heterocycles. The molecule has 0 amide bonds. The molecule has 0 saturated carbocycles. The second-order valence-corrected chi connectivity index (χ2v) is 11.6. The van der Waals surface area contributed by atoms with Crippen LogP contribution in [0, 0.1) is 11.8 Å². The smallest absolute Gasteiger partial charge is 1.00 e. The van der Waals surface area contributed by atoms with E-state index in [1.54, 1.807) is 0 Å². The van der Waals surface area contributed by atoms with E-state index in [0.717, 1.165) is 57.3 Å². The Labute approximate surface area is 259 Å². The van der Waals surface area contributed by atoms with Gasteiger partial charge in [0.25, 0.3) is 0 Å². The largest absolute Gasteiger partial charge is 1.00 e. The zero-order chi connectivity index (χ0) is 25.9. The first kappa shape index (κ1) is 35.1. The number of hydrogen-bond acceptors (Lipinski definition) is 4. The summed E-state index contributed by atoms with van der Waals surface area (Å²) in [5.74, 6) is 1.59. The number of benzene rings is 2. The van der Waals surface area contributed by atoms with Crippen LogP contribution in [0.15, 0.2) is 53.5 Å². The van der Waals surface area contributed by atoms with Gasteiger partial charge in [0.2, 0.25) is 0 Å². The van der Waals surface area contributed by atoms with Crippen molar-refractivity contribution in [2.75, 3.05) is 54.4 Å². The molecule has 0 spiro atoms. The van der Waals surface area contributed by atoms with Crippen molar-refractivity contribution in [3.05, 3.63) is 70.8 Å². The van der Waals surface area contributed by atoms with Crippen LogP contribution in [0.1, 0.15) is 69.3 Å². The van der Waals surface area contributed by atoms with Gasteiger partial charge in [0, 0.05) is 39.8 Å². The zero-order valence-electron chi connectivity index (χ0n) is 26.3. The molecular formula is C32H51BN4Na. The standard InChI is InChI=1S/C16H26N2.C16H24N2.B.Na.H/c2*1-13-4-9-16(17-12-13)15-7-5-14(6-8-15)10-11-18(2)3;;;/h5-8,13,16-17H,4,9-12H2,1-3H3;5-8,13H,4,9-12H2,1-3H3;;;/q;;;+1;-1. The first-order chi connectivity index (χ1) is 17.3. The molecule has 3 atom stereocenters. The summed E-state index contributed by atoms with van der Waals surface area (Å²) in [6, 6.07) is 18.7. The van der Waals surface area contributed by atoms with E-state index in [-0.39, 0.29) is 39.4 Å². The van der Waals surface area contributed by atoms with Crippen molar-refractivity contribution in [3.8, 4) is 0 Å². The van der Waals surface area contributed by atoms with Crippen molar-refractivity contribution in [2.24, 2.45) is 16.8 Å². The summed E-state index contributed by atoms with van der Waals surface area (Å²) in [7, 11) is 8.49. The molecule has 6 heteroatoms. The van der Waals surface area contributed by atoms with E-state index in [9.17, 15) is 0 Å². The molecule has 4 nitrogen and oxygen atoms in total. The van der Waals surface area contributed by atoms with Gasteiger partial charge < -0.3 is 16.5 Å². The molecule has 0 aromatic heterocycles. The third kappa shape index (κ3) is 12.5. The van der Waals surface area contributed by atoms with E-state index < -0.39 is 0 Å². The number of hydrogen-bond donors (Lipinski definition) is 1. The van der Waals surface area contributed by atoms with Gasteiger partial charge in [-0.25, -0.2) is 0 Å². The van der Waals surface area contributed by atoms with Crippen LogP contribution in [0.4, 0.5) is 0 Å². The molecule has 3 radical (unpaired) electrons. The molecule has 1 N–H and O–H groups in total. The van der Waals surface area contributed by atoms with E-state index >= 15 is 0 Å². The summed E-state index contributed by atoms with van der Waals surface area (Å²) >= 11 is 0. The number of nitrogens with one attached hydrogen (secondary N) is 1. The maximum Gasteiger partial charge on any atom is 1.00 e. The van der Waals surface area contributed by atoms with Crippen LogP contribution in [0.3, 0.4) is 0 Å². The molecular weight excluding hydrogens is 474 g/mol. The van der Waals surface area contributed by atoms with Crippen molar-refractivity contribution < 1.29 is 31.0 Å². The van der Waals surface area contributed by atoms with Crippen LogP contribution in [-0.4, -0.2) is 78.3 Å². The Morgan fingerprint density at radius 2 is 1.34 bits per heavy atom. The normalized spacial score (nSPS) is 21.1. The Kier molecular flexibility index (Phi) is 17.0. The molecule has 4 rings (SSSR count). The van der Waals surface area contributed by atoms with Gasteiger partial charge in [0.1, 0.15) is 0 Å². The number of aliphatic imine (C=N–C) groups is 1. The molecule has 2 aliphatic rings. The maximum atomic E-state index is 4.69. The van der Waals surface area contributed by atoms with Gasteiger partial charge in [-0.2, -0.15) is 0 Å². The summed E-state index contributed by atoms with van der Waals surface area (Å²) in [6.45, 7) is 9.00. The Balaban J connectivity index is 0.000000688. The quantitative estimate of drug-likeness (QED) is 0.538. The fourth-order valence-electron chi connectivity index (χ4n) is 4.82. The van der Waals surface area contributed by atoms with E-state index in [1.165, 1.54) is 47.2 Å². The molecule has 2 aromatic rings. The Morgan fingerprint density at radius 3 is 1.79 bits per heavy atom. The SMILES string of the molecule is CC1CCC(c2ccc(CCN(C)C)cc2)=NC1.CC1CCC(c2ccc(CCN(C)C)cc2)NC1.[B].[H-].[Na+]. The molecule has 2 aliphatic heterocycles. The van der Waals surface area contributed by atoms with Gasteiger partial charge in [-0.05, 0) is 107 Å². The fraction of sp³-hybridized carbons (Fsp3) is 0.594. The van der Waals surface area contributed by atoms with E-state index in [2.05, 4.69) is 106 Å². The minimum absolute atomic E-state index is 0. The van der Waals surface area contributed by atoms with Crippen molar-refractivity contribution in [1.29, 1.82) is 0 Å². The van der Waals surface area contributed by atoms with E-state index in [1.807, 2.05) is 0 Å². The van der Waals surface area contributed by atoms with Crippen LogP contribution in [0.25, 0.3) is 0 Å². The van der Waals surface area contributed by atoms with Gasteiger partial charge in [0.15, 0.2) is 0 Å². The summed E-state index contributed by atoms with van der Waals surface area (Å²) in [6.07, 6.45) is 7.30. The van der Waals surface area contributed by atoms with E-state index in [4.69, 9.17) is 4.99 Å². The first-order valence-electron chi connectivity index (χ1n) is 14.0. The predicted octanol–water partition coefficient (Wildman–Crippen LogP) is 2.60. The first-order valence-corrected chi connectivity index (χ1v) is 14.0. The monoisotopic (exact) mass is 525 g/mol. The zero-order valence-corrected chi connectivity index (χ0v) is 27.3. The summed E-state index contributed by atoms with van der Waals surface area (Å²) in [5.41, 5.74) is 6.92. The van der Waals surface area contributed by atoms with E-state index in [0.29, 0.717) is 6.04 Å². The number of likely N-dealkylation sites (N-methyl/N-ethyl adjacent to an activating group) is 2. The van der Waals surface area contributed by atoms with Gasteiger partial charge in [-0.15, -0.1) is 0 Å². The maximum absolute atomic E-state index is 4.69. The number of rotatable bonds is 8. The van der Waals surface area contributed by atoms with Crippen molar-refractivity contribution in [2.45, 2.75) is 58.4 Å². The average molecular weight is 526 g/mol. The topological polar surface area (TPSA) is 30.9 Å². The van der Waals surface area contributed by atoms with Crippen molar-refractivity contribution in [1.82, 2.24) is 15.1 Å². The molecule has 2 aromatic carbocycles. The molecule has 203 valence electrons. The fourth-order valence-corrected chi connectivity index (χ4v) is 4.82. The summed E-state index contributed by atoms with van der Waals surface area (Å²) in [4.78, 5) is 9.15. The minimum Gasteiger partial charge on any atom is -1.00 e. The van der Waals surface area contributed by atoms with Gasteiger partial charge in [0.05, 0.1) is 0 Å². The second kappa shape index (κ2) is 18.4. The van der Waals surface area contributed by atoms with Crippen LogP contribution in [-0.2, 0) is 12.8 Å². The Bertz CT molecular complexity index is 926. The third-order valence-corrected chi connectivity index (χ3v) is 7.49. The van der Waals surface area contributed by atoms with Crippen LogP contribution >= 0.6 is 0 Å². The van der Waals surface area contributed by atoms with Crippen molar-refractivity contribution in [3.63, 3.8) is 0 Å². The number of nitrogens with zero attached hydrogens (tertiary/aromatic N) is 3. The van der Waals surface area contributed by atoms with Crippen LogP contribution in [0.5, 0.6) is 0 Å². The van der Waals surface area contributed by atoms with Crippen LogP contribution < -0.4 is 34.9 Å². The summed E-state index contributed by atoms with van der Waals surface area (Å²) in [5, 5.41) is 3.65. The Morgan fingerprint density at radius 1 is 0.789 bits per heavy atom. The second-order valence-electron chi connectivity index (χ2n) is 11.6. The molecule has 1 fully saturated rings. The molecule has 3 unspecified atom stereocenters. The third-order valence-electron chi connectivity index (χ3n) is 7.49. The van der Waals surface area contributed by atoms with Gasteiger partial charge >= 0.3 is 29.6 Å². The number of piperidine rings is 1. The predicted molar refractivity (Wildman–Crippen MR) is 163 cm³/mol. The molecule has 1 saturated heterocycles. The summed E-state index contributed by atoms with van der Waals surface area (Å²) < 4.78 is 0. The van der Waals surface area contributed by atoms with Crippen molar-refractivity contribution >= 4 is 14.1 Å². The minimum atomic E-state index is 0.